The molecule has 0 aliphatic rings. The summed E-state index contributed by atoms with van der Waals surface area (Å²) in [5, 5.41) is 2.58. The third kappa shape index (κ3) is 5.39. The first kappa shape index (κ1) is 15.0. The summed E-state index contributed by atoms with van der Waals surface area (Å²) in [7, 11) is 0. The molecule has 19 heavy (non-hydrogen) atoms. The van der Waals surface area contributed by atoms with Crippen molar-refractivity contribution in [1.29, 1.82) is 0 Å². The molecular weight excluding hydrogens is 248 g/mol. The first-order chi connectivity index (χ1) is 9.17. The Labute approximate surface area is 111 Å². The van der Waals surface area contributed by atoms with E-state index in [1.807, 2.05) is 0 Å². The van der Waals surface area contributed by atoms with Gasteiger partial charge in [-0.1, -0.05) is 6.07 Å². The summed E-state index contributed by atoms with van der Waals surface area (Å²) in [5.74, 6) is -0.235. The molecule has 0 fully saturated rings. The highest BCUT2D eigenvalue weighted by atomic mass is 16.5. The summed E-state index contributed by atoms with van der Waals surface area (Å²) in [6, 6.07) is 6.49. The van der Waals surface area contributed by atoms with Crippen molar-refractivity contribution in [3.63, 3.8) is 0 Å². The fourth-order valence-electron chi connectivity index (χ4n) is 1.34. The van der Waals surface area contributed by atoms with Gasteiger partial charge in [0.25, 0.3) is 5.91 Å². The molecule has 0 aliphatic heterocycles. The number of benzene rings is 1. The fourth-order valence-corrected chi connectivity index (χ4v) is 1.34. The molecule has 0 saturated carbocycles. The molecule has 0 radical (unpaired) electrons. The van der Waals surface area contributed by atoms with Gasteiger partial charge in [0.15, 0.2) is 6.61 Å². The number of carbonyl (C=O) groups is 2. The van der Waals surface area contributed by atoms with Crippen LogP contribution in [0.2, 0.25) is 0 Å². The Morgan fingerprint density at radius 3 is 2.84 bits per heavy atom. The molecule has 0 aromatic heterocycles. The quantitative estimate of drug-likeness (QED) is 0.693. The van der Waals surface area contributed by atoms with Crippen LogP contribution in [0.25, 0.3) is 0 Å². The number of nitrogens with one attached hydrogen (secondary N) is 1. The highest BCUT2D eigenvalue weighted by molar-refractivity contribution is 5.89. The van der Waals surface area contributed by atoms with Crippen molar-refractivity contribution in [2.45, 2.75) is 6.92 Å². The molecule has 0 atom stereocenters. The summed E-state index contributed by atoms with van der Waals surface area (Å²) in [6.45, 7) is 2.72. The number of nitrogens with two attached hydrogens (primary N) is 1. The molecular formula is C13H18N2O4. The molecule has 0 aliphatic carbocycles. The third-order valence-corrected chi connectivity index (χ3v) is 2.18. The summed E-state index contributed by atoms with van der Waals surface area (Å²) in [5.41, 5.74) is 5.65. The molecule has 0 saturated heterocycles. The summed E-state index contributed by atoms with van der Waals surface area (Å²) >= 11 is 0. The highest BCUT2D eigenvalue weighted by Gasteiger charge is 2.08. The van der Waals surface area contributed by atoms with Crippen LogP contribution in [0.4, 0.5) is 0 Å². The summed E-state index contributed by atoms with van der Waals surface area (Å²) in [6.07, 6.45) is 0. The molecule has 0 heterocycles. The van der Waals surface area contributed by atoms with Gasteiger partial charge in [-0.15, -0.1) is 0 Å². The van der Waals surface area contributed by atoms with Gasteiger partial charge in [-0.3, -0.25) is 4.79 Å². The lowest BCUT2D eigenvalue weighted by molar-refractivity contribution is -0.123. The van der Waals surface area contributed by atoms with Gasteiger partial charge in [0.2, 0.25) is 0 Å². The van der Waals surface area contributed by atoms with E-state index >= 15 is 0 Å². The summed E-state index contributed by atoms with van der Waals surface area (Å²) < 4.78 is 10.1. The van der Waals surface area contributed by atoms with E-state index in [1.54, 1.807) is 25.1 Å². The van der Waals surface area contributed by atoms with Gasteiger partial charge >= 0.3 is 5.97 Å². The maximum atomic E-state index is 11.5. The Hall–Kier alpha value is -2.08. The number of rotatable bonds is 7. The molecule has 1 aromatic carbocycles. The lowest BCUT2D eigenvalue weighted by Crippen LogP contribution is -2.32. The minimum atomic E-state index is -0.416. The minimum Gasteiger partial charge on any atom is -0.484 e. The Morgan fingerprint density at radius 1 is 1.37 bits per heavy atom. The standard InChI is InChI=1S/C13H18N2O4/c1-2-18-13(17)10-4-3-5-11(8-10)19-9-12(16)15-7-6-14/h3-5,8H,2,6-7,9,14H2,1H3,(H,15,16). The van der Waals surface area contributed by atoms with Crippen molar-refractivity contribution in [1.82, 2.24) is 5.32 Å². The predicted molar refractivity (Wildman–Crippen MR) is 70.0 cm³/mol. The molecule has 0 unspecified atom stereocenters. The molecule has 1 aromatic rings. The van der Waals surface area contributed by atoms with Gasteiger partial charge in [0.1, 0.15) is 5.75 Å². The lowest BCUT2D eigenvalue weighted by Gasteiger charge is -2.08. The predicted octanol–water partition coefficient (Wildman–Crippen LogP) is 0.317. The minimum absolute atomic E-state index is 0.119. The van der Waals surface area contributed by atoms with Gasteiger partial charge in [0, 0.05) is 13.1 Å². The lowest BCUT2D eigenvalue weighted by atomic mass is 10.2. The summed E-state index contributed by atoms with van der Waals surface area (Å²) in [4.78, 5) is 22.8. The molecule has 1 amide bonds. The zero-order valence-corrected chi connectivity index (χ0v) is 10.8. The Kier molecular flexibility index (Phi) is 6.38. The zero-order valence-electron chi connectivity index (χ0n) is 10.8. The molecule has 6 nitrogen and oxygen atoms in total. The van der Waals surface area contributed by atoms with Crippen molar-refractivity contribution in [3.05, 3.63) is 29.8 Å². The molecule has 0 spiro atoms. The first-order valence-corrected chi connectivity index (χ1v) is 6.04. The number of ether oxygens (including phenoxy) is 2. The van der Waals surface area contributed by atoms with E-state index in [2.05, 4.69) is 5.32 Å². The van der Waals surface area contributed by atoms with Crippen LogP contribution < -0.4 is 15.8 Å². The van der Waals surface area contributed by atoms with Crippen LogP contribution >= 0.6 is 0 Å². The van der Waals surface area contributed by atoms with E-state index in [0.29, 0.717) is 31.0 Å². The van der Waals surface area contributed by atoms with E-state index in [0.717, 1.165) is 0 Å². The van der Waals surface area contributed by atoms with E-state index in [4.69, 9.17) is 15.2 Å². The van der Waals surface area contributed by atoms with Crippen molar-refractivity contribution >= 4 is 11.9 Å². The van der Waals surface area contributed by atoms with Crippen LogP contribution in [-0.2, 0) is 9.53 Å². The van der Waals surface area contributed by atoms with Crippen LogP contribution in [0.15, 0.2) is 24.3 Å². The highest BCUT2D eigenvalue weighted by Crippen LogP contribution is 2.14. The second-order valence-corrected chi connectivity index (χ2v) is 3.68. The Balaban J connectivity index is 2.52. The second-order valence-electron chi connectivity index (χ2n) is 3.68. The van der Waals surface area contributed by atoms with Crippen LogP contribution in [0, 0.1) is 0 Å². The molecule has 6 heteroatoms. The number of esters is 1. The zero-order chi connectivity index (χ0) is 14.1. The topological polar surface area (TPSA) is 90.6 Å². The first-order valence-electron chi connectivity index (χ1n) is 6.04. The molecule has 0 bridgehead atoms. The monoisotopic (exact) mass is 266 g/mol. The number of hydrogen-bond acceptors (Lipinski definition) is 5. The van der Waals surface area contributed by atoms with Crippen molar-refractivity contribution < 1.29 is 19.1 Å². The average Bonchev–Trinajstić information content (AvgIpc) is 2.43. The maximum Gasteiger partial charge on any atom is 0.338 e. The van der Waals surface area contributed by atoms with Crippen LogP contribution in [0.5, 0.6) is 5.75 Å². The fraction of sp³-hybridized carbons (Fsp3) is 0.385. The Bertz CT molecular complexity index is 434. The molecule has 104 valence electrons. The molecule has 1 rings (SSSR count). The van der Waals surface area contributed by atoms with Gasteiger partial charge in [0.05, 0.1) is 12.2 Å². The van der Waals surface area contributed by atoms with Gasteiger partial charge < -0.3 is 20.5 Å². The van der Waals surface area contributed by atoms with E-state index < -0.39 is 5.97 Å². The van der Waals surface area contributed by atoms with E-state index in [-0.39, 0.29) is 12.5 Å². The molecule has 3 N–H and O–H groups in total. The number of hydrogen-bond donors (Lipinski definition) is 2. The largest absolute Gasteiger partial charge is 0.484 e. The van der Waals surface area contributed by atoms with Gasteiger partial charge in [-0.05, 0) is 25.1 Å². The van der Waals surface area contributed by atoms with Crippen molar-refractivity contribution in [2.24, 2.45) is 5.73 Å². The number of amides is 1. The normalized spacial score (nSPS) is 9.79. The van der Waals surface area contributed by atoms with Crippen molar-refractivity contribution in [3.8, 4) is 5.75 Å². The smallest absolute Gasteiger partial charge is 0.338 e. The number of carbonyl (C=O) groups excluding carboxylic acids is 2. The Morgan fingerprint density at radius 2 is 2.16 bits per heavy atom. The van der Waals surface area contributed by atoms with Gasteiger partial charge in [-0.2, -0.15) is 0 Å². The second kappa shape index (κ2) is 8.10. The third-order valence-electron chi connectivity index (χ3n) is 2.18. The average molecular weight is 266 g/mol. The van der Waals surface area contributed by atoms with Crippen molar-refractivity contribution in [2.75, 3.05) is 26.3 Å². The maximum absolute atomic E-state index is 11.5. The van der Waals surface area contributed by atoms with Crippen LogP contribution in [0.1, 0.15) is 17.3 Å². The van der Waals surface area contributed by atoms with Gasteiger partial charge in [-0.25, -0.2) is 4.79 Å². The van der Waals surface area contributed by atoms with Crippen LogP contribution in [0.3, 0.4) is 0 Å². The van der Waals surface area contributed by atoms with Crippen LogP contribution in [-0.4, -0.2) is 38.2 Å². The van der Waals surface area contributed by atoms with E-state index in [9.17, 15) is 9.59 Å². The SMILES string of the molecule is CCOC(=O)c1cccc(OCC(=O)NCCN)c1. The van der Waals surface area contributed by atoms with E-state index in [1.165, 1.54) is 6.07 Å².